The molecule has 2 rings (SSSR count). The van der Waals surface area contributed by atoms with Crippen molar-refractivity contribution >= 4 is 5.69 Å². The van der Waals surface area contributed by atoms with Crippen molar-refractivity contribution in [3.63, 3.8) is 0 Å². The van der Waals surface area contributed by atoms with E-state index in [1.165, 1.54) is 0 Å². The van der Waals surface area contributed by atoms with Gasteiger partial charge in [-0.05, 0) is 12.1 Å². The van der Waals surface area contributed by atoms with E-state index in [0.717, 1.165) is 11.4 Å². The molecular weight excluding hydrogens is 164 g/mol. The second-order valence-electron chi connectivity index (χ2n) is 3.01. The molecule has 1 aromatic rings. The van der Waals surface area contributed by atoms with Crippen LogP contribution in [-0.4, -0.2) is 12.6 Å². The number of benzene rings is 1. The molecule has 1 aromatic carbocycles. The molecule has 0 fully saturated rings. The number of para-hydroxylation sites is 2. The lowest BCUT2D eigenvalue weighted by molar-refractivity contribution is 0.286. The van der Waals surface area contributed by atoms with E-state index in [2.05, 4.69) is 11.4 Å². The number of fused-ring (bicyclic) bond motifs is 1. The number of hydrogen-bond donors (Lipinski definition) is 1. The normalized spacial score (nSPS) is 19.2. The largest absolute Gasteiger partial charge is 0.489 e. The second kappa shape index (κ2) is 3.36. The second-order valence-corrected chi connectivity index (χ2v) is 3.01. The number of nitrogens with zero attached hydrogens (tertiary/aromatic N) is 1. The van der Waals surface area contributed by atoms with Gasteiger partial charge in [0.15, 0.2) is 0 Å². The van der Waals surface area contributed by atoms with Crippen LogP contribution in [0.3, 0.4) is 0 Å². The van der Waals surface area contributed by atoms with Crippen LogP contribution in [0.4, 0.5) is 5.69 Å². The van der Waals surface area contributed by atoms with Gasteiger partial charge in [0.1, 0.15) is 12.4 Å². The van der Waals surface area contributed by atoms with Gasteiger partial charge in [-0.15, -0.1) is 0 Å². The molecule has 1 aliphatic rings. The highest BCUT2D eigenvalue weighted by atomic mass is 16.5. The molecule has 1 unspecified atom stereocenters. The third kappa shape index (κ3) is 1.57. The lowest BCUT2D eigenvalue weighted by atomic mass is 10.1. The van der Waals surface area contributed by atoms with Gasteiger partial charge in [-0.25, -0.2) is 0 Å². The van der Waals surface area contributed by atoms with Crippen LogP contribution in [0.2, 0.25) is 0 Å². The summed E-state index contributed by atoms with van der Waals surface area (Å²) < 4.78 is 5.48. The Labute approximate surface area is 76.9 Å². The minimum absolute atomic E-state index is 0.125. The van der Waals surface area contributed by atoms with E-state index in [4.69, 9.17) is 10.00 Å². The Morgan fingerprint density at radius 1 is 1.54 bits per heavy atom. The number of anilines is 1. The highest BCUT2D eigenvalue weighted by Gasteiger charge is 2.17. The zero-order valence-corrected chi connectivity index (χ0v) is 7.16. The lowest BCUT2D eigenvalue weighted by Crippen LogP contribution is -2.30. The zero-order chi connectivity index (χ0) is 9.10. The van der Waals surface area contributed by atoms with Crippen LogP contribution in [0.15, 0.2) is 24.3 Å². The zero-order valence-electron chi connectivity index (χ0n) is 7.16. The quantitative estimate of drug-likeness (QED) is 0.705. The third-order valence-corrected chi connectivity index (χ3v) is 2.02. The van der Waals surface area contributed by atoms with Gasteiger partial charge in [-0.3, -0.25) is 0 Å². The SMILES string of the molecule is N#CCC1COc2ccccc2N1. The van der Waals surface area contributed by atoms with E-state index in [1.807, 2.05) is 24.3 Å². The fourth-order valence-corrected chi connectivity index (χ4v) is 1.38. The molecule has 0 aliphatic carbocycles. The highest BCUT2D eigenvalue weighted by Crippen LogP contribution is 2.28. The van der Waals surface area contributed by atoms with E-state index in [0.29, 0.717) is 13.0 Å². The van der Waals surface area contributed by atoms with E-state index < -0.39 is 0 Å². The average molecular weight is 174 g/mol. The summed E-state index contributed by atoms with van der Waals surface area (Å²) in [7, 11) is 0. The summed E-state index contributed by atoms with van der Waals surface area (Å²) in [5, 5.41) is 11.8. The molecule has 3 nitrogen and oxygen atoms in total. The van der Waals surface area contributed by atoms with Crippen LogP contribution in [0, 0.1) is 11.3 Å². The average Bonchev–Trinajstić information content (AvgIpc) is 2.18. The number of ether oxygens (including phenoxy) is 1. The molecule has 13 heavy (non-hydrogen) atoms. The standard InChI is InChI=1S/C10H10N2O/c11-6-5-8-7-13-10-4-2-1-3-9(10)12-8/h1-4,8,12H,5,7H2. The van der Waals surface area contributed by atoms with Gasteiger partial charge in [0, 0.05) is 0 Å². The summed E-state index contributed by atoms with van der Waals surface area (Å²) in [4.78, 5) is 0. The van der Waals surface area contributed by atoms with Crippen molar-refractivity contribution in [2.75, 3.05) is 11.9 Å². The maximum atomic E-state index is 8.52. The molecule has 1 heterocycles. The van der Waals surface area contributed by atoms with Gasteiger partial charge in [-0.2, -0.15) is 5.26 Å². The van der Waals surface area contributed by atoms with Gasteiger partial charge in [0.2, 0.25) is 0 Å². The van der Waals surface area contributed by atoms with Gasteiger partial charge in [0.05, 0.1) is 24.2 Å². The molecule has 0 spiro atoms. The first-order valence-electron chi connectivity index (χ1n) is 4.25. The van der Waals surface area contributed by atoms with Crippen molar-refractivity contribution in [2.45, 2.75) is 12.5 Å². The molecule has 1 atom stereocenters. The Morgan fingerprint density at radius 3 is 3.23 bits per heavy atom. The smallest absolute Gasteiger partial charge is 0.142 e. The highest BCUT2D eigenvalue weighted by molar-refractivity contribution is 5.58. The molecule has 0 radical (unpaired) electrons. The van der Waals surface area contributed by atoms with E-state index in [1.54, 1.807) is 0 Å². The van der Waals surface area contributed by atoms with Crippen LogP contribution < -0.4 is 10.1 Å². The number of nitrogens with one attached hydrogen (secondary N) is 1. The van der Waals surface area contributed by atoms with Crippen molar-refractivity contribution in [3.8, 4) is 11.8 Å². The summed E-state index contributed by atoms with van der Waals surface area (Å²) in [6, 6.07) is 10.0. The maximum Gasteiger partial charge on any atom is 0.142 e. The molecule has 0 amide bonds. The molecule has 0 saturated carbocycles. The summed E-state index contributed by atoms with van der Waals surface area (Å²) in [6.07, 6.45) is 0.480. The van der Waals surface area contributed by atoms with Gasteiger partial charge in [0.25, 0.3) is 0 Å². The molecule has 66 valence electrons. The molecule has 0 aromatic heterocycles. The van der Waals surface area contributed by atoms with Crippen molar-refractivity contribution in [1.82, 2.24) is 0 Å². The van der Waals surface area contributed by atoms with Gasteiger partial charge >= 0.3 is 0 Å². The van der Waals surface area contributed by atoms with Gasteiger partial charge in [-0.1, -0.05) is 12.1 Å². The molecule has 1 aliphatic heterocycles. The molecule has 3 heteroatoms. The summed E-state index contributed by atoms with van der Waals surface area (Å²) in [5.74, 6) is 0.872. The predicted molar refractivity (Wildman–Crippen MR) is 49.6 cm³/mol. The van der Waals surface area contributed by atoms with Crippen LogP contribution >= 0.6 is 0 Å². The molecular formula is C10H10N2O. The Hall–Kier alpha value is -1.69. The van der Waals surface area contributed by atoms with Crippen molar-refractivity contribution < 1.29 is 4.74 Å². The number of hydrogen-bond acceptors (Lipinski definition) is 3. The molecule has 1 N–H and O–H groups in total. The van der Waals surface area contributed by atoms with Crippen LogP contribution in [0.5, 0.6) is 5.75 Å². The fourth-order valence-electron chi connectivity index (χ4n) is 1.38. The topological polar surface area (TPSA) is 45.0 Å². The maximum absolute atomic E-state index is 8.52. The number of nitriles is 1. The van der Waals surface area contributed by atoms with E-state index in [9.17, 15) is 0 Å². The molecule has 0 saturated heterocycles. The van der Waals surface area contributed by atoms with Crippen molar-refractivity contribution in [2.24, 2.45) is 0 Å². The lowest BCUT2D eigenvalue weighted by Gasteiger charge is -2.25. The van der Waals surface area contributed by atoms with Crippen LogP contribution in [0.1, 0.15) is 6.42 Å². The fraction of sp³-hybridized carbons (Fsp3) is 0.300. The number of rotatable bonds is 1. The van der Waals surface area contributed by atoms with Crippen LogP contribution in [0.25, 0.3) is 0 Å². The summed E-state index contributed by atoms with van der Waals surface area (Å²) >= 11 is 0. The third-order valence-electron chi connectivity index (χ3n) is 2.02. The van der Waals surface area contributed by atoms with Gasteiger partial charge < -0.3 is 10.1 Å². The van der Waals surface area contributed by atoms with E-state index in [-0.39, 0.29) is 6.04 Å². The first-order chi connectivity index (χ1) is 6.40. The predicted octanol–water partition coefficient (Wildman–Crippen LogP) is 1.77. The first kappa shape index (κ1) is 7.93. The van der Waals surface area contributed by atoms with Crippen LogP contribution in [-0.2, 0) is 0 Å². The Bertz CT molecular complexity index is 343. The minimum atomic E-state index is 0.125. The van der Waals surface area contributed by atoms with E-state index >= 15 is 0 Å². The Morgan fingerprint density at radius 2 is 2.38 bits per heavy atom. The Balaban J connectivity index is 2.16. The van der Waals surface area contributed by atoms with Crippen molar-refractivity contribution in [1.29, 1.82) is 5.26 Å². The first-order valence-corrected chi connectivity index (χ1v) is 4.25. The van der Waals surface area contributed by atoms with Crippen molar-refractivity contribution in [3.05, 3.63) is 24.3 Å². The monoisotopic (exact) mass is 174 g/mol. The Kier molecular flexibility index (Phi) is 2.05. The summed E-state index contributed by atoms with van der Waals surface area (Å²) in [6.45, 7) is 0.574. The minimum Gasteiger partial charge on any atom is -0.489 e. The molecule has 0 bridgehead atoms. The summed E-state index contributed by atoms with van der Waals surface area (Å²) in [5.41, 5.74) is 0.981.